The first-order chi connectivity index (χ1) is 15.9. The molecule has 0 bridgehead atoms. The number of aryl methyl sites for hydroxylation is 2. The molecule has 8 nitrogen and oxygen atoms in total. The summed E-state index contributed by atoms with van der Waals surface area (Å²) in [4.78, 5) is 38.6. The number of rotatable bonds is 9. The fourth-order valence-corrected chi connectivity index (χ4v) is 3.21. The fourth-order valence-electron chi connectivity index (χ4n) is 3.21. The minimum atomic E-state index is -0.663. The molecule has 1 N–H and O–H groups in total. The summed E-state index contributed by atoms with van der Waals surface area (Å²) in [6, 6.07) is 15.8. The maximum absolute atomic E-state index is 12.6. The Morgan fingerprint density at radius 1 is 0.939 bits per heavy atom. The second-order valence-corrected chi connectivity index (χ2v) is 7.40. The van der Waals surface area contributed by atoms with Crippen molar-refractivity contribution in [3.8, 4) is 5.75 Å². The highest BCUT2D eigenvalue weighted by molar-refractivity contribution is 6.05. The van der Waals surface area contributed by atoms with Gasteiger partial charge in [0, 0.05) is 7.05 Å². The van der Waals surface area contributed by atoms with E-state index < -0.39 is 18.5 Å². The molecule has 0 fully saturated rings. The molecule has 3 rings (SSSR count). The summed E-state index contributed by atoms with van der Waals surface area (Å²) in [5, 5.41) is 2.75. The lowest BCUT2D eigenvalue weighted by Gasteiger charge is -2.20. The number of hydrogen-bond acceptors (Lipinski definition) is 6. The normalized spacial score (nSPS) is 10.4. The number of ether oxygens (including phenoxy) is 2. The predicted octanol–water partition coefficient (Wildman–Crippen LogP) is 3.41. The molecule has 0 aliphatic heterocycles. The molecule has 0 radical (unpaired) electrons. The molecule has 0 saturated heterocycles. The zero-order valence-corrected chi connectivity index (χ0v) is 18.8. The van der Waals surface area contributed by atoms with Crippen molar-refractivity contribution in [3.05, 3.63) is 83.3 Å². The number of furan rings is 1. The first-order valence-electron chi connectivity index (χ1n) is 10.4. The number of benzene rings is 2. The highest BCUT2D eigenvalue weighted by Gasteiger charge is 2.20. The van der Waals surface area contributed by atoms with Crippen molar-refractivity contribution in [1.82, 2.24) is 5.32 Å². The molecular formula is C25H26N2O6. The lowest BCUT2D eigenvalue weighted by Crippen LogP contribution is -2.34. The monoisotopic (exact) mass is 450 g/mol. The van der Waals surface area contributed by atoms with E-state index in [0.29, 0.717) is 22.8 Å². The van der Waals surface area contributed by atoms with Crippen LogP contribution in [0, 0.1) is 13.8 Å². The summed E-state index contributed by atoms with van der Waals surface area (Å²) >= 11 is 0. The van der Waals surface area contributed by atoms with E-state index in [9.17, 15) is 14.4 Å². The Bertz CT molecular complexity index is 1100. The Balaban J connectivity index is 1.55. The van der Waals surface area contributed by atoms with E-state index in [-0.39, 0.29) is 19.1 Å². The largest absolute Gasteiger partial charge is 0.481 e. The second kappa shape index (κ2) is 11.0. The van der Waals surface area contributed by atoms with Crippen LogP contribution in [0.15, 0.2) is 65.3 Å². The van der Waals surface area contributed by atoms with Gasteiger partial charge >= 0.3 is 5.97 Å². The number of esters is 1. The molecule has 0 unspecified atom stereocenters. The molecule has 0 saturated carbocycles. The topological polar surface area (TPSA) is 98.1 Å². The van der Waals surface area contributed by atoms with Gasteiger partial charge < -0.3 is 24.1 Å². The van der Waals surface area contributed by atoms with Crippen molar-refractivity contribution < 1.29 is 28.3 Å². The van der Waals surface area contributed by atoms with Crippen LogP contribution < -0.4 is 15.0 Å². The minimum Gasteiger partial charge on any atom is -0.481 e. The Morgan fingerprint density at radius 3 is 2.36 bits per heavy atom. The van der Waals surface area contributed by atoms with Gasteiger partial charge in [0.1, 0.15) is 11.5 Å². The first kappa shape index (κ1) is 23.6. The number of hydrogen-bond donors (Lipinski definition) is 1. The van der Waals surface area contributed by atoms with E-state index in [1.807, 2.05) is 32.0 Å². The predicted molar refractivity (Wildman–Crippen MR) is 122 cm³/mol. The van der Waals surface area contributed by atoms with Gasteiger partial charge in [-0.05, 0) is 49.2 Å². The molecule has 2 amide bonds. The Labute approximate surface area is 192 Å². The number of carbonyl (C=O) groups is 3. The van der Waals surface area contributed by atoms with E-state index in [4.69, 9.17) is 13.9 Å². The maximum atomic E-state index is 12.6. The average molecular weight is 450 g/mol. The van der Waals surface area contributed by atoms with Crippen molar-refractivity contribution in [2.45, 2.75) is 20.4 Å². The zero-order valence-electron chi connectivity index (χ0n) is 18.8. The third kappa shape index (κ3) is 6.22. The standard InChI is InChI=1S/C25H26N2O6/c1-17-8-6-9-18(2)24(17)33-16-23(29)32-15-22(28)27(3)21-12-5-4-11-20(21)25(30)26-14-19-10-7-13-31-19/h4-13H,14-16H2,1-3H3,(H,26,30). The molecule has 33 heavy (non-hydrogen) atoms. The number of likely N-dealkylation sites (N-methyl/N-ethyl adjacent to an activating group) is 1. The lowest BCUT2D eigenvalue weighted by atomic mass is 10.1. The molecule has 1 heterocycles. The van der Waals surface area contributed by atoms with Crippen molar-refractivity contribution in [1.29, 1.82) is 0 Å². The van der Waals surface area contributed by atoms with Gasteiger partial charge in [0.05, 0.1) is 24.1 Å². The van der Waals surface area contributed by atoms with Crippen LogP contribution in [0.5, 0.6) is 5.75 Å². The molecule has 172 valence electrons. The fraction of sp³-hybridized carbons (Fsp3) is 0.240. The van der Waals surface area contributed by atoms with Crippen molar-refractivity contribution in [3.63, 3.8) is 0 Å². The third-order valence-corrected chi connectivity index (χ3v) is 4.99. The summed E-state index contributed by atoms with van der Waals surface area (Å²) in [6.07, 6.45) is 1.52. The van der Waals surface area contributed by atoms with Gasteiger partial charge in [-0.15, -0.1) is 0 Å². The van der Waals surface area contributed by atoms with Gasteiger partial charge in [0.2, 0.25) is 0 Å². The highest BCUT2D eigenvalue weighted by atomic mass is 16.6. The number of carbonyl (C=O) groups excluding carboxylic acids is 3. The molecule has 8 heteroatoms. The smallest absolute Gasteiger partial charge is 0.344 e. The van der Waals surface area contributed by atoms with E-state index >= 15 is 0 Å². The summed E-state index contributed by atoms with van der Waals surface area (Å²) in [5.74, 6) is -0.279. The van der Waals surface area contributed by atoms with Crippen LogP contribution in [0.25, 0.3) is 0 Å². The van der Waals surface area contributed by atoms with Gasteiger partial charge in [-0.3, -0.25) is 9.59 Å². The van der Waals surface area contributed by atoms with Gasteiger partial charge in [-0.25, -0.2) is 4.79 Å². The number of amides is 2. The van der Waals surface area contributed by atoms with Crippen LogP contribution in [0.3, 0.4) is 0 Å². The van der Waals surface area contributed by atoms with Gasteiger partial charge in [0.25, 0.3) is 11.8 Å². The quantitative estimate of drug-likeness (QED) is 0.502. The number of nitrogens with one attached hydrogen (secondary N) is 1. The molecule has 2 aromatic carbocycles. The minimum absolute atomic E-state index is 0.218. The SMILES string of the molecule is Cc1cccc(C)c1OCC(=O)OCC(=O)N(C)c1ccccc1C(=O)NCc1ccco1. The molecule has 1 aromatic heterocycles. The van der Waals surface area contributed by atoms with Crippen LogP contribution in [0.2, 0.25) is 0 Å². The van der Waals surface area contributed by atoms with Crippen molar-refractivity contribution in [2.24, 2.45) is 0 Å². The molecule has 0 aliphatic carbocycles. The van der Waals surface area contributed by atoms with Crippen molar-refractivity contribution >= 4 is 23.5 Å². The highest BCUT2D eigenvalue weighted by Crippen LogP contribution is 2.22. The van der Waals surface area contributed by atoms with Crippen LogP contribution in [-0.2, 0) is 20.9 Å². The van der Waals surface area contributed by atoms with Crippen LogP contribution in [0.4, 0.5) is 5.69 Å². The molecule has 3 aromatic rings. The van der Waals surface area contributed by atoms with E-state index in [1.54, 1.807) is 36.4 Å². The Morgan fingerprint density at radius 2 is 1.67 bits per heavy atom. The summed E-state index contributed by atoms with van der Waals surface area (Å²) in [5.41, 5.74) is 2.51. The molecule has 0 aliphatic rings. The lowest BCUT2D eigenvalue weighted by molar-refractivity contribution is -0.149. The first-order valence-corrected chi connectivity index (χ1v) is 10.4. The van der Waals surface area contributed by atoms with Crippen molar-refractivity contribution in [2.75, 3.05) is 25.2 Å². The van der Waals surface area contributed by atoms with Gasteiger partial charge in [-0.1, -0.05) is 30.3 Å². The van der Waals surface area contributed by atoms with E-state index in [2.05, 4.69) is 5.32 Å². The summed E-state index contributed by atoms with van der Waals surface area (Å²) < 4.78 is 15.8. The van der Waals surface area contributed by atoms with E-state index in [1.165, 1.54) is 18.2 Å². The average Bonchev–Trinajstić information content (AvgIpc) is 3.34. The Kier molecular flexibility index (Phi) is 7.86. The molecular weight excluding hydrogens is 424 g/mol. The summed E-state index contributed by atoms with van der Waals surface area (Å²) in [6.45, 7) is 3.20. The number of nitrogens with zero attached hydrogens (tertiary/aromatic N) is 1. The molecule has 0 atom stereocenters. The van der Waals surface area contributed by atoms with Gasteiger partial charge in [-0.2, -0.15) is 0 Å². The maximum Gasteiger partial charge on any atom is 0.344 e. The second-order valence-electron chi connectivity index (χ2n) is 7.40. The van der Waals surface area contributed by atoms with Crippen LogP contribution in [-0.4, -0.2) is 38.0 Å². The van der Waals surface area contributed by atoms with Crippen LogP contribution >= 0.6 is 0 Å². The number of anilines is 1. The third-order valence-electron chi connectivity index (χ3n) is 4.99. The zero-order chi connectivity index (χ0) is 23.8. The van der Waals surface area contributed by atoms with Gasteiger partial charge in [0.15, 0.2) is 13.2 Å². The number of para-hydroxylation sites is 2. The van der Waals surface area contributed by atoms with Crippen LogP contribution in [0.1, 0.15) is 27.2 Å². The molecule has 0 spiro atoms. The Hall–Kier alpha value is -4.07. The van der Waals surface area contributed by atoms with E-state index in [0.717, 1.165) is 11.1 Å². The summed E-state index contributed by atoms with van der Waals surface area (Å²) in [7, 11) is 1.52.